The summed E-state index contributed by atoms with van der Waals surface area (Å²) in [5.74, 6) is 1.66. The molecule has 0 amide bonds. The number of hydrogen-bond acceptors (Lipinski definition) is 2. The highest BCUT2D eigenvalue weighted by atomic mass is 28.4. The summed E-state index contributed by atoms with van der Waals surface area (Å²) in [6, 6.07) is 3.87. The fourth-order valence-electron chi connectivity index (χ4n) is 0.905. The molecule has 0 aliphatic rings. The number of hydrogen-bond donors (Lipinski definition) is 0. The van der Waals surface area contributed by atoms with Gasteiger partial charge >= 0.3 is 0 Å². The lowest BCUT2D eigenvalue weighted by atomic mass is 10.4. The molecule has 0 N–H and O–H groups in total. The Kier molecular flexibility index (Phi) is 2.62. The summed E-state index contributed by atoms with van der Waals surface area (Å²) >= 11 is 0. The zero-order valence-corrected chi connectivity index (χ0v) is 9.18. The molecule has 0 aliphatic carbocycles. The lowest BCUT2D eigenvalue weighted by Gasteiger charge is -2.15. The van der Waals surface area contributed by atoms with Crippen molar-refractivity contribution in [2.24, 2.45) is 0 Å². The summed E-state index contributed by atoms with van der Waals surface area (Å²) in [5, 5.41) is 0. The van der Waals surface area contributed by atoms with Crippen LogP contribution in [0, 0.1) is 0 Å². The Labute approximate surface area is 74.7 Å². The minimum atomic E-state index is -1.49. The van der Waals surface area contributed by atoms with Gasteiger partial charge in [-0.2, -0.15) is 0 Å². The molecule has 3 heteroatoms. The number of rotatable bonds is 3. The molecular weight excluding hydrogens is 168 g/mol. The van der Waals surface area contributed by atoms with Crippen molar-refractivity contribution < 1.29 is 8.84 Å². The van der Waals surface area contributed by atoms with Crippen LogP contribution < -0.4 is 4.43 Å². The van der Waals surface area contributed by atoms with Crippen LogP contribution in [0.2, 0.25) is 19.6 Å². The Bertz CT molecular complexity index is 247. The zero-order chi connectivity index (χ0) is 9.19. The SMILES string of the molecule is CCc1ccc(O[Si](C)(C)C)o1. The largest absolute Gasteiger partial charge is 0.519 e. The number of furan rings is 1. The average molecular weight is 184 g/mol. The monoisotopic (exact) mass is 184 g/mol. The van der Waals surface area contributed by atoms with Crippen LogP contribution in [0.15, 0.2) is 16.5 Å². The van der Waals surface area contributed by atoms with Gasteiger partial charge in [0.2, 0.25) is 8.32 Å². The van der Waals surface area contributed by atoms with Crippen molar-refractivity contribution in [3.05, 3.63) is 17.9 Å². The topological polar surface area (TPSA) is 22.4 Å². The lowest BCUT2D eigenvalue weighted by molar-refractivity contribution is 0.369. The third kappa shape index (κ3) is 2.74. The van der Waals surface area contributed by atoms with E-state index in [9.17, 15) is 0 Å². The summed E-state index contributed by atoms with van der Waals surface area (Å²) in [7, 11) is -1.49. The summed E-state index contributed by atoms with van der Waals surface area (Å²) in [6.07, 6.45) is 0.926. The lowest BCUT2D eigenvalue weighted by Crippen LogP contribution is -2.28. The Morgan fingerprint density at radius 3 is 2.42 bits per heavy atom. The van der Waals surface area contributed by atoms with E-state index >= 15 is 0 Å². The molecule has 0 aliphatic heterocycles. The highest BCUT2D eigenvalue weighted by molar-refractivity contribution is 6.70. The molecule has 0 unspecified atom stereocenters. The third-order valence-electron chi connectivity index (χ3n) is 1.39. The first-order valence-electron chi connectivity index (χ1n) is 4.29. The highest BCUT2D eigenvalue weighted by Gasteiger charge is 2.17. The van der Waals surface area contributed by atoms with Gasteiger partial charge in [-0.25, -0.2) is 0 Å². The second-order valence-corrected chi connectivity index (χ2v) is 8.22. The van der Waals surface area contributed by atoms with E-state index in [0.717, 1.165) is 12.2 Å². The molecule has 0 aromatic carbocycles. The average Bonchev–Trinajstić information content (AvgIpc) is 2.32. The van der Waals surface area contributed by atoms with E-state index in [4.69, 9.17) is 8.84 Å². The molecule has 0 saturated heterocycles. The Hall–Kier alpha value is -0.703. The van der Waals surface area contributed by atoms with E-state index in [1.807, 2.05) is 12.1 Å². The molecule has 0 bridgehead atoms. The van der Waals surface area contributed by atoms with Crippen LogP contribution in [0.5, 0.6) is 5.95 Å². The minimum absolute atomic E-state index is 0.672. The molecule has 1 rings (SSSR count). The first kappa shape index (κ1) is 9.39. The van der Waals surface area contributed by atoms with Crippen molar-refractivity contribution in [1.29, 1.82) is 0 Å². The van der Waals surface area contributed by atoms with Crippen molar-refractivity contribution in [1.82, 2.24) is 0 Å². The van der Waals surface area contributed by atoms with Crippen molar-refractivity contribution >= 4 is 8.32 Å². The molecule has 0 atom stereocenters. The highest BCUT2D eigenvalue weighted by Crippen LogP contribution is 2.19. The fourth-order valence-corrected chi connectivity index (χ4v) is 1.62. The Morgan fingerprint density at radius 2 is 2.00 bits per heavy atom. The van der Waals surface area contributed by atoms with E-state index in [1.54, 1.807) is 0 Å². The Balaban J connectivity index is 2.64. The van der Waals surface area contributed by atoms with E-state index < -0.39 is 8.32 Å². The summed E-state index contributed by atoms with van der Waals surface area (Å²) in [6.45, 7) is 8.49. The van der Waals surface area contributed by atoms with Crippen molar-refractivity contribution in [2.45, 2.75) is 33.0 Å². The van der Waals surface area contributed by atoms with Crippen molar-refractivity contribution in [3.8, 4) is 5.95 Å². The molecule has 2 nitrogen and oxygen atoms in total. The van der Waals surface area contributed by atoms with Gasteiger partial charge in [-0.05, 0) is 25.7 Å². The van der Waals surface area contributed by atoms with Gasteiger partial charge in [0.05, 0.1) is 0 Å². The first-order valence-corrected chi connectivity index (χ1v) is 7.70. The maximum Gasteiger partial charge on any atom is 0.270 e. The maximum atomic E-state index is 5.66. The number of aryl methyl sites for hydroxylation is 1. The van der Waals surface area contributed by atoms with Crippen LogP contribution in [-0.4, -0.2) is 8.32 Å². The molecular formula is C9H16O2Si. The van der Waals surface area contributed by atoms with E-state index in [0.29, 0.717) is 5.95 Å². The second-order valence-electron chi connectivity index (χ2n) is 3.79. The first-order chi connectivity index (χ1) is 5.51. The van der Waals surface area contributed by atoms with Gasteiger partial charge in [-0.15, -0.1) is 0 Å². The predicted octanol–water partition coefficient (Wildman–Crippen LogP) is 3.06. The molecule has 0 fully saturated rings. The van der Waals surface area contributed by atoms with Crippen LogP contribution in [0.25, 0.3) is 0 Å². The van der Waals surface area contributed by atoms with Gasteiger partial charge in [-0.3, -0.25) is 0 Å². The summed E-state index contributed by atoms with van der Waals surface area (Å²) in [5.41, 5.74) is 0. The summed E-state index contributed by atoms with van der Waals surface area (Å²) in [4.78, 5) is 0. The Morgan fingerprint density at radius 1 is 1.33 bits per heavy atom. The zero-order valence-electron chi connectivity index (χ0n) is 8.18. The van der Waals surface area contributed by atoms with Gasteiger partial charge in [0.25, 0.3) is 5.95 Å². The smallest absolute Gasteiger partial charge is 0.270 e. The van der Waals surface area contributed by atoms with Crippen LogP contribution in [0.3, 0.4) is 0 Å². The standard InChI is InChI=1S/C9H16O2Si/c1-5-8-6-7-9(10-8)11-12(2,3)4/h6-7H,5H2,1-4H3. The van der Waals surface area contributed by atoms with E-state index in [1.165, 1.54) is 0 Å². The summed E-state index contributed by atoms with van der Waals surface area (Å²) < 4.78 is 11.1. The predicted molar refractivity (Wildman–Crippen MR) is 52.1 cm³/mol. The maximum absolute atomic E-state index is 5.66. The van der Waals surface area contributed by atoms with Gasteiger partial charge in [-0.1, -0.05) is 6.92 Å². The van der Waals surface area contributed by atoms with Gasteiger partial charge in [0.1, 0.15) is 5.76 Å². The molecule has 0 radical (unpaired) electrons. The second kappa shape index (κ2) is 3.35. The third-order valence-corrected chi connectivity index (χ3v) is 2.21. The molecule has 1 aromatic rings. The van der Waals surface area contributed by atoms with Crippen molar-refractivity contribution in [3.63, 3.8) is 0 Å². The molecule has 0 spiro atoms. The quantitative estimate of drug-likeness (QED) is 0.674. The van der Waals surface area contributed by atoms with Crippen LogP contribution >= 0.6 is 0 Å². The van der Waals surface area contributed by atoms with E-state index in [-0.39, 0.29) is 0 Å². The van der Waals surface area contributed by atoms with Crippen molar-refractivity contribution in [2.75, 3.05) is 0 Å². The fraction of sp³-hybridized carbons (Fsp3) is 0.556. The molecule has 68 valence electrons. The molecule has 1 heterocycles. The van der Waals surface area contributed by atoms with Crippen LogP contribution in [0.1, 0.15) is 12.7 Å². The van der Waals surface area contributed by atoms with Crippen LogP contribution in [0.4, 0.5) is 0 Å². The minimum Gasteiger partial charge on any atom is -0.519 e. The van der Waals surface area contributed by atoms with Gasteiger partial charge in [0.15, 0.2) is 0 Å². The van der Waals surface area contributed by atoms with E-state index in [2.05, 4.69) is 26.6 Å². The van der Waals surface area contributed by atoms with Gasteiger partial charge in [0, 0.05) is 12.5 Å². The molecule has 12 heavy (non-hydrogen) atoms. The van der Waals surface area contributed by atoms with Crippen LogP contribution in [-0.2, 0) is 6.42 Å². The molecule has 1 aromatic heterocycles. The van der Waals surface area contributed by atoms with Gasteiger partial charge < -0.3 is 8.84 Å². The normalized spacial score (nSPS) is 11.7. The molecule has 0 saturated carbocycles.